The first-order valence-electron chi connectivity index (χ1n) is 8.09. The maximum absolute atomic E-state index is 10.5. The number of benzene rings is 2. The molecule has 0 aliphatic rings. The molecule has 2 nitrogen and oxygen atoms in total. The van der Waals surface area contributed by atoms with Gasteiger partial charge in [-0.1, -0.05) is 79.9 Å². The molecular weight excluding hydrogens is 272 g/mol. The van der Waals surface area contributed by atoms with E-state index < -0.39 is 5.97 Å². The Hall–Kier alpha value is -2.09. The van der Waals surface area contributed by atoms with Crippen molar-refractivity contribution in [1.82, 2.24) is 0 Å². The van der Waals surface area contributed by atoms with Crippen molar-refractivity contribution in [2.24, 2.45) is 0 Å². The predicted molar refractivity (Wildman–Crippen MR) is 90.1 cm³/mol. The number of carboxylic acid groups (broad SMARTS) is 1. The van der Waals surface area contributed by atoms with Crippen molar-refractivity contribution in [3.05, 3.63) is 71.8 Å². The second-order valence-electron chi connectivity index (χ2n) is 5.72. The van der Waals surface area contributed by atoms with Crippen LogP contribution in [0, 0.1) is 0 Å². The molecule has 0 aromatic heterocycles. The molecule has 0 aliphatic heterocycles. The van der Waals surface area contributed by atoms with Gasteiger partial charge < -0.3 is 5.11 Å². The first kappa shape index (κ1) is 16.3. The van der Waals surface area contributed by atoms with Crippen LogP contribution in [0.4, 0.5) is 0 Å². The Morgan fingerprint density at radius 2 is 1.27 bits per heavy atom. The molecule has 2 aromatic carbocycles. The zero-order chi connectivity index (χ0) is 15.6. The Bertz CT molecular complexity index is 509. The van der Waals surface area contributed by atoms with Crippen LogP contribution < -0.4 is 0 Å². The minimum atomic E-state index is -0.688. The van der Waals surface area contributed by atoms with Gasteiger partial charge in [0.15, 0.2) is 0 Å². The summed E-state index contributed by atoms with van der Waals surface area (Å²) < 4.78 is 0. The van der Waals surface area contributed by atoms with E-state index in [1.807, 2.05) is 0 Å². The topological polar surface area (TPSA) is 37.3 Å². The van der Waals surface area contributed by atoms with Crippen molar-refractivity contribution in [3.63, 3.8) is 0 Å². The van der Waals surface area contributed by atoms with Crippen LogP contribution in [0.15, 0.2) is 60.7 Å². The highest BCUT2D eigenvalue weighted by atomic mass is 16.4. The standard InChI is InChI=1S/C20H24O2/c21-20(22)16-10-2-1-9-15-19(17-11-5-3-6-12-17)18-13-7-4-8-14-18/h3-8,11-14,19H,1-2,9-10,15-16H2,(H,21,22). The Morgan fingerprint density at radius 3 is 1.77 bits per heavy atom. The first-order valence-corrected chi connectivity index (χ1v) is 8.09. The number of unbranched alkanes of at least 4 members (excludes halogenated alkanes) is 3. The quantitative estimate of drug-likeness (QED) is 0.642. The number of hydrogen-bond acceptors (Lipinski definition) is 1. The van der Waals surface area contributed by atoms with Crippen molar-refractivity contribution in [3.8, 4) is 0 Å². The van der Waals surface area contributed by atoms with Gasteiger partial charge in [-0.25, -0.2) is 0 Å². The van der Waals surface area contributed by atoms with Crippen molar-refractivity contribution in [2.45, 2.75) is 44.4 Å². The molecule has 0 amide bonds. The fraction of sp³-hybridized carbons (Fsp3) is 0.350. The van der Waals surface area contributed by atoms with Crippen LogP contribution in [-0.2, 0) is 4.79 Å². The van der Waals surface area contributed by atoms with Gasteiger partial charge in [-0.2, -0.15) is 0 Å². The van der Waals surface area contributed by atoms with Crippen LogP contribution in [0.25, 0.3) is 0 Å². The van der Waals surface area contributed by atoms with Crippen molar-refractivity contribution in [2.75, 3.05) is 0 Å². The second kappa shape index (κ2) is 9.04. The lowest BCUT2D eigenvalue weighted by Gasteiger charge is -2.18. The first-order chi connectivity index (χ1) is 10.8. The smallest absolute Gasteiger partial charge is 0.303 e. The zero-order valence-corrected chi connectivity index (χ0v) is 12.9. The van der Waals surface area contributed by atoms with Gasteiger partial charge in [-0.3, -0.25) is 4.79 Å². The van der Waals surface area contributed by atoms with E-state index in [1.165, 1.54) is 11.1 Å². The lowest BCUT2D eigenvalue weighted by molar-refractivity contribution is -0.137. The van der Waals surface area contributed by atoms with Gasteiger partial charge in [-0.15, -0.1) is 0 Å². The van der Waals surface area contributed by atoms with E-state index in [0.717, 1.165) is 32.1 Å². The SMILES string of the molecule is O=C(O)CCCCCCC(c1ccccc1)c1ccccc1. The molecule has 0 bridgehead atoms. The molecule has 0 unspecified atom stereocenters. The third-order valence-electron chi connectivity index (χ3n) is 4.04. The molecule has 116 valence electrons. The molecule has 0 spiro atoms. The van der Waals surface area contributed by atoms with E-state index in [0.29, 0.717) is 12.3 Å². The number of carbonyl (C=O) groups is 1. The average Bonchev–Trinajstić information content (AvgIpc) is 2.55. The molecule has 0 atom stereocenters. The summed E-state index contributed by atoms with van der Waals surface area (Å²) in [5.74, 6) is -0.256. The highest BCUT2D eigenvalue weighted by Gasteiger charge is 2.13. The third-order valence-corrected chi connectivity index (χ3v) is 4.04. The summed E-state index contributed by atoms with van der Waals surface area (Å²) in [7, 11) is 0. The molecule has 0 fully saturated rings. The summed E-state index contributed by atoms with van der Waals surface area (Å²) >= 11 is 0. The van der Waals surface area contributed by atoms with Crippen molar-refractivity contribution < 1.29 is 9.90 Å². The number of hydrogen-bond donors (Lipinski definition) is 1. The Kier molecular flexibility index (Phi) is 6.69. The van der Waals surface area contributed by atoms with E-state index in [1.54, 1.807) is 0 Å². The summed E-state index contributed by atoms with van der Waals surface area (Å²) in [5.41, 5.74) is 2.72. The monoisotopic (exact) mass is 296 g/mol. The van der Waals surface area contributed by atoms with Gasteiger partial charge in [0.05, 0.1) is 0 Å². The molecular formula is C20H24O2. The van der Waals surface area contributed by atoms with Crippen LogP contribution in [-0.4, -0.2) is 11.1 Å². The maximum atomic E-state index is 10.5. The molecule has 0 aliphatic carbocycles. The van der Waals surface area contributed by atoms with Gasteiger partial charge in [-0.05, 0) is 24.0 Å². The van der Waals surface area contributed by atoms with Crippen LogP contribution in [0.5, 0.6) is 0 Å². The van der Waals surface area contributed by atoms with Crippen LogP contribution >= 0.6 is 0 Å². The van der Waals surface area contributed by atoms with Crippen molar-refractivity contribution >= 4 is 5.97 Å². The van der Waals surface area contributed by atoms with Gasteiger partial charge in [0.2, 0.25) is 0 Å². The Balaban J connectivity index is 1.91. The van der Waals surface area contributed by atoms with E-state index in [2.05, 4.69) is 60.7 Å². The number of carboxylic acids is 1. The average molecular weight is 296 g/mol. The second-order valence-corrected chi connectivity index (χ2v) is 5.72. The normalized spacial score (nSPS) is 10.8. The minimum absolute atomic E-state index is 0.292. The van der Waals surface area contributed by atoms with Gasteiger partial charge in [0, 0.05) is 12.3 Å². The Morgan fingerprint density at radius 1 is 0.773 bits per heavy atom. The molecule has 2 heteroatoms. The highest BCUT2D eigenvalue weighted by Crippen LogP contribution is 2.29. The fourth-order valence-corrected chi connectivity index (χ4v) is 2.87. The molecule has 1 N–H and O–H groups in total. The van der Waals surface area contributed by atoms with Crippen molar-refractivity contribution in [1.29, 1.82) is 0 Å². The molecule has 0 radical (unpaired) electrons. The lowest BCUT2D eigenvalue weighted by atomic mass is 9.87. The molecule has 2 aromatic rings. The summed E-state index contributed by atoms with van der Waals surface area (Å²) in [6.45, 7) is 0. The van der Waals surface area contributed by atoms with E-state index in [9.17, 15) is 4.79 Å². The molecule has 22 heavy (non-hydrogen) atoms. The summed E-state index contributed by atoms with van der Waals surface area (Å²) in [4.78, 5) is 10.5. The van der Waals surface area contributed by atoms with Gasteiger partial charge in [0.25, 0.3) is 0 Å². The maximum Gasteiger partial charge on any atom is 0.303 e. The number of aliphatic carboxylic acids is 1. The molecule has 0 saturated carbocycles. The molecule has 0 saturated heterocycles. The third kappa shape index (κ3) is 5.36. The number of rotatable bonds is 9. The largest absolute Gasteiger partial charge is 0.481 e. The Labute approximate surface area is 132 Å². The fourth-order valence-electron chi connectivity index (χ4n) is 2.87. The van der Waals surface area contributed by atoms with Gasteiger partial charge >= 0.3 is 5.97 Å². The predicted octanol–water partition coefficient (Wildman–Crippen LogP) is 5.24. The zero-order valence-electron chi connectivity index (χ0n) is 12.9. The van der Waals surface area contributed by atoms with E-state index >= 15 is 0 Å². The lowest BCUT2D eigenvalue weighted by Crippen LogP contribution is -2.01. The summed E-state index contributed by atoms with van der Waals surface area (Å²) in [6, 6.07) is 21.3. The van der Waals surface area contributed by atoms with Crippen LogP contribution in [0.2, 0.25) is 0 Å². The highest BCUT2D eigenvalue weighted by molar-refractivity contribution is 5.66. The summed E-state index contributed by atoms with van der Waals surface area (Å²) in [6.07, 6.45) is 5.43. The molecule has 0 heterocycles. The van der Waals surface area contributed by atoms with Crippen LogP contribution in [0.1, 0.15) is 55.6 Å². The van der Waals surface area contributed by atoms with Crippen LogP contribution in [0.3, 0.4) is 0 Å². The van der Waals surface area contributed by atoms with E-state index in [-0.39, 0.29) is 0 Å². The van der Waals surface area contributed by atoms with Gasteiger partial charge in [0.1, 0.15) is 0 Å². The molecule has 2 rings (SSSR count). The summed E-state index contributed by atoms with van der Waals surface area (Å²) in [5, 5.41) is 8.66. The minimum Gasteiger partial charge on any atom is -0.481 e. The van der Waals surface area contributed by atoms with E-state index in [4.69, 9.17) is 5.11 Å².